The highest BCUT2D eigenvalue weighted by Gasteiger charge is 2.23. The average molecular weight is 330 g/mol. The highest BCUT2D eigenvalue weighted by Crippen LogP contribution is 2.47. The van der Waals surface area contributed by atoms with E-state index < -0.39 is 0 Å². The van der Waals surface area contributed by atoms with Crippen LogP contribution >= 0.6 is 0 Å². The number of benzene rings is 2. The van der Waals surface area contributed by atoms with Crippen molar-refractivity contribution in [2.75, 3.05) is 28.4 Å². The van der Waals surface area contributed by atoms with Crippen LogP contribution < -0.4 is 18.9 Å². The maximum atomic E-state index is 11.5. The van der Waals surface area contributed by atoms with Crippen LogP contribution in [0.2, 0.25) is 0 Å². The van der Waals surface area contributed by atoms with Crippen molar-refractivity contribution in [1.82, 2.24) is 0 Å². The minimum absolute atomic E-state index is 0.272. The van der Waals surface area contributed by atoms with Gasteiger partial charge in [0.1, 0.15) is 5.75 Å². The Kier molecular flexibility index (Phi) is 5.42. The van der Waals surface area contributed by atoms with Crippen molar-refractivity contribution >= 4 is 12.6 Å². The Morgan fingerprint density at radius 2 is 1.29 bits per heavy atom. The predicted octanol–water partition coefficient (Wildman–Crippen LogP) is 3.01. The molecule has 2 aromatic rings. The summed E-state index contributed by atoms with van der Waals surface area (Å²) in [5, 5.41) is 0. The largest absolute Gasteiger partial charge is 0.497 e. The Bertz CT molecular complexity index is 767. The summed E-state index contributed by atoms with van der Waals surface area (Å²) in [7, 11) is 5.89. The van der Waals surface area contributed by atoms with Crippen LogP contribution in [0.15, 0.2) is 24.3 Å². The first-order valence-corrected chi connectivity index (χ1v) is 7.06. The first-order chi connectivity index (χ1) is 11.6. The van der Waals surface area contributed by atoms with Crippen LogP contribution in [0.25, 0.3) is 11.1 Å². The van der Waals surface area contributed by atoms with Crippen LogP contribution in [0.3, 0.4) is 0 Å². The molecule has 24 heavy (non-hydrogen) atoms. The van der Waals surface area contributed by atoms with E-state index in [4.69, 9.17) is 18.9 Å². The maximum absolute atomic E-state index is 11.5. The molecule has 0 spiro atoms. The third kappa shape index (κ3) is 2.90. The number of carbonyl (C=O) groups is 2. The molecule has 0 saturated carbocycles. The van der Waals surface area contributed by atoms with E-state index in [1.54, 1.807) is 24.3 Å². The van der Waals surface area contributed by atoms with Crippen molar-refractivity contribution in [3.8, 4) is 34.1 Å². The summed E-state index contributed by atoms with van der Waals surface area (Å²) < 4.78 is 21.2. The van der Waals surface area contributed by atoms with Gasteiger partial charge in [-0.25, -0.2) is 0 Å². The molecule has 0 heterocycles. The molecular weight excluding hydrogens is 312 g/mol. The van der Waals surface area contributed by atoms with Crippen molar-refractivity contribution in [3.05, 3.63) is 35.4 Å². The Morgan fingerprint density at radius 1 is 0.667 bits per heavy atom. The highest BCUT2D eigenvalue weighted by atomic mass is 16.5. The minimum atomic E-state index is 0.272. The van der Waals surface area contributed by atoms with Gasteiger partial charge in [0.15, 0.2) is 24.1 Å². The second-order valence-electron chi connectivity index (χ2n) is 4.80. The second kappa shape index (κ2) is 7.50. The molecule has 0 radical (unpaired) electrons. The summed E-state index contributed by atoms with van der Waals surface area (Å²) in [4.78, 5) is 22.9. The van der Waals surface area contributed by atoms with Gasteiger partial charge in [0.25, 0.3) is 0 Å². The fourth-order valence-electron chi connectivity index (χ4n) is 2.54. The Balaban J connectivity index is 2.83. The van der Waals surface area contributed by atoms with Crippen molar-refractivity contribution < 1.29 is 28.5 Å². The van der Waals surface area contributed by atoms with Crippen LogP contribution in [0.4, 0.5) is 0 Å². The van der Waals surface area contributed by atoms with E-state index in [-0.39, 0.29) is 17.1 Å². The lowest BCUT2D eigenvalue weighted by atomic mass is 9.96. The van der Waals surface area contributed by atoms with E-state index in [9.17, 15) is 9.59 Å². The first-order valence-electron chi connectivity index (χ1n) is 7.06. The maximum Gasteiger partial charge on any atom is 0.204 e. The lowest BCUT2D eigenvalue weighted by molar-refractivity contribution is 0.111. The van der Waals surface area contributed by atoms with E-state index in [1.807, 2.05) is 0 Å². The van der Waals surface area contributed by atoms with E-state index in [0.29, 0.717) is 40.8 Å². The zero-order chi connectivity index (χ0) is 17.7. The number of carbonyl (C=O) groups excluding carboxylic acids is 2. The molecule has 0 saturated heterocycles. The number of ether oxygens (including phenoxy) is 4. The van der Waals surface area contributed by atoms with Crippen LogP contribution in [-0.2, 0) is 0 Å². The van der Waals surface area contributed by atoms with Crippen LogP contribution in [-0.4, -0.2) is 41.0 Å². The zero-order valence-electron chi connectivity index (χ0n) is 13.9. The molecule has 0 bridgehead atoms. The number of hydrogen-bond donors (Lipinski definition) is 0. The van der Waals surface area contributed by atoms with Gasteiger partial charge in [-0.15, -0.1) is 0 Å². The van der Waals surface area contributed by atoms with Gasteiger partial charge in [0.2, 0.25) is 5.75 Å². The summed E-state index contributed by atoms with van der Waals surface area (Å²) in [5.74, 6) is 1.48. The van der Waals surface area contributed by atoms with Gasteiger partial charge >= 0.3 is 0 Å². The molecule has 6 heteroatoms. The van der Waals surface area contributed by atoms with Crippen LogP contribution in [0, 0.1) is 0 Å². The number of rotatable bonds is 7. The normalized spacial score (nSPS) is 10.0. The van der Waals surface area contributed by atoms with Gasteiger partial charge < -0.3 is 18.9 Å². The quantitative estimate of drug-likeness (QED) is 0.727. The molecule has 0 aliphatic rings. The molecule has 0 aliphatic heterocycles. The monoisotopic (exact) mass is 330 g/mol. The topological polar surface area (TPSA) is 71.1 Å². The zero-order valence-corrected chi connectivity index (χ0v) is 13.9. The third-order valence-electron chi connectivity index (χ3n) is 3.63. The minimum Gasteiger partial charge on any atom is -0.497 e. The molecule has 6 nitrogen and oxygen atoms in total. The van der Waals surface area contributed by atoms with E-state index in [2.05, 4.69) is 0 Å². The van der Waals surface area contributed by atoms with Gasteiger partial charge in [-0.2, -0.15) is 0 Å². The van der Waals surface area contributed by atoms with E-state index in [0.717, 1.165) is 0 Å². The summed E-state index contributed by atoms with van der Waals surface area (Å²) in [6, 6.07) is 6.65. The molecule has 0 amide bonds. The predicted molar refractivity (Wildman–Crippen MR) is 88.9 cm³/mol. The standard InChI is InChI=1S/C18H18O6/c1-21-13-5-6-14(11(7-13)9-19)15-8-12(10-20)16(22-2)18(24-4)17(15)23-3/h5-10H,1-4H3. The molecule has 0 aliphatic carbocycles. The van der Waals surface area contributed by atoms with Crippen molar-refractivity contribution in [2.24, 2.45) is 0 Å². The molecule has 0 fully saturated rings. The molecule has 0 aromatic heterocycles. The molecule has 0 unspecified atom stereocenters. The molecule has 2 rings (SSSR count). The summed E-state index contributed by atoms with van der Waals surface area (Å²) in [6.07, 6.45) is 1.38. The third-order valence-corrected chi connectivity index (χ3v) is 3.63. The Hall–Kier alpha value is -3.02. The van der Waals surface area contributed by atoms with Gasteiger partial charge in [-0.05, 0) is 29.8 Å². The Morgan fingerprint density at radius 3 is 1.79 bits per heavy atom. The average Bonchev–Trinajstić information content (AvgIpc) is 2.65. The van der Waals surface area contributed by atoms with Gasteiger partial charge in [-0.3, -0.25) is 9.59 Å². The summed E-state index contributed by atoms with van der Waals surface area (Å²) in [5.41, 5.74) is 1.82. The number of hydrogen-bond acceptors (Lipinski definition) is 6. The molecule has 0 N–H and O–H groups in total. The number of aldehydes is 2. The van der Waals surface area contributed by atoms with Crippen LogP contribution in [0.1, 0.15) is 20.7 Å². The van der Waals surface area contributed by atoms with Crippen molar-refractivity contribution in [2.45, 2.75) is 0 Å². The fraction of sp³-hybridized carbons (Fsp3) is 0.222. The molecule has 0 atom stereocenters. The van der Waals surface area contributed by atoms with Gasteiger partial charge in [0, 0.05) is 11.1 Å². The van der Waals surface area contributed by atoms with Crippen molar-refractivity contribution in [3.63, 3.8) is 0 Å². The summed E-state index contributed by atoms with van der Waals surface area (Å²) >= 11 is 0. The molecular formula is C18H18O6. The SMILES string of the molecule is COc1ccc(-c2cc(C=O)c(OC)c(OC)c2OC)c(C=O)c1. The van der Waals surface area contributed by atoms with E-state index in [1.165, 1.54) is 28.4 Å². The Labute approximate surface area is 139 Å². The van der Waals surface area contributed by atoms with Crippen molar-refractivity contribution in [1.29, 1.82) is 0 Å². The lowest BCUT2D eigenvalue weighted by Gasteiger charge is -2.18. The summed E-state index contributed by atoms with van der Waals surface area (Å²) in [6.45, 7) is 0. The highest BCUT2D eigenvalue weighted by molar-refractivity contribution is 5.94. The van der Waals surface area contributed by atoms with E-state index >= 15 is 0 Å². The second-order valence-corrected chi connectivity index (χ2v) is 4.80. The molecule has 2 aromatic carbocycles. The number of methoxy groups -OCH3 is 4. The fourth-order valence-corrected chi connectivity index (χ4v) is 2.54. The lowest BCUT2D eigenvalue weighted by Crippen LogP contribution is -2.01. The van der Waals surface area contributed by atoms with Gasteiger partial charge in [0.05, 0.1) is 34.0 Å². The molecule has 126 valence electrons. The smallest absolute Gasteiger partial charge is 0.204 e. The van der Waals surface area contributed by atoms with Crippen LogP contribution in [0.5, 0.6) is 23.0 Å². The van der Waals surface area contributed by atoms with Gasteiger partial charge in [-0.1, -0.05) is 0 Å². The first kappa shape index (κ1) is 17.3.